The number of rotatable bonds is 5. The van der Waals surface area contributed by atoms with Crippen LogP contribution in [0.25, 0.3) is 0 Å². The number of hydrogen-bond donors (Lipinski definition) is 2. The van der Waals surface area contributed by atoms with Gasteiger partial charge in [0, 0.05) is 33.2 Å². The van der Waals surface area contributed by atoms with Gasteiger partial charge >= 0.3 is 0 Å². The highest BCUT2D eigenvalue weighted by atomic mass is 16.5. The van der Waals surface area contributed by atoms with E-state index in [4.69, 9.17) is 19.7 Å². The van der Waals surface area contributed by atoms with Crippen LogP contribution >= 0.6 is 0 Å². The summed E-state index contributed by atoms with van der Waals surface area (Å²) in [6.07, 6.45) is 0.931. The standard InChI is InChI=1S/C11H19N3O4/c1-16-11(3-6-17-7-4-11)10-13-9(18-14-10)8(15)2-5-12/h8,15H,2-7,12H2,1H3/t8-/m0/s1. The molecule has 0 radical (unpaired) electrons. The first-order valence-corrected chi connectivity index (χ1v) is 6.07. The van der Waals surface area contributed by atoms with Gasteiger partial charge in [0.1, 0.15) is 11.7 Å². The number of aromatic nitrogens is 2. The Morgan fingerprint density at radius 2 is 2.22 bits per heavy atom. The van der Waals surface area contributed by atoms with Crippen molar-refractivity contribution < 1.29 is 19.1 Å². The van der Waals surface area contributed by atoms with E-state index in [1.165, 1.54) is 0 Å². The van der Waals surface area contributed by atoms with Crippen LogP contribution in [-0.2, 0) is 15.1 Å². The molecule has 0 aliphatic carbocycles. The molecular formula is C11H19N3O4. The minimum Gasteiger partial charge on any atom is -0.383 e. The Bertz CT molecular complexity index is 376. The Balaban J connectivity index is 2.16. The summed E-state index contributed by atoms with van der Waals surface area (Å²) in [6.45, 7) is 1.56. The number of methoxy groups -OCH3 is 1. The molecule has 0 bridgehead atoms. The summed E-state index contributed by atoms with van der Waals surface area (Å²) in [4.78, 5) is 4.23. The van der Waals surface area contributed by atoms with Crippen molar-refractivity contribution in [3.8, 4) is 0 Å². The summed E-state index contributed by atoms with van der Waals surface area (Å²) < 4.78 is 15.9. The fourth-order valence-electron chi connectivity index (χ4n) is 2.06. The molecule has 7 heteroatoms. The maximum absolute atomic E-state index is 9.75. The number of hydrogen-bond acceptors (Lipinski definition) is 7. The van der Waals surface area contributed by atoms with Crippen molar-refractivity contribution in [3.63, 3.8) is 0 Å². The van der Waals surface area contributed by atoms with Gasteiger partial charge in [-0.05, 0) is 13.0 Å². The Morgan fingerprint density at radius 1 is 1.50 bits per heavy atom. The van der Waals surface area contributed by atoms with Crippen molar-refractivity contribution >= 4 is 0 Å². The summed E-state index contributed by atoms with van der Waals surface area (Å²) in [6, 6.07) is 0. The van der Waals surface area contributed by atoms with Crippen LogP contribution in [-0.4, -0.2) is 42.1 Å². The molecule has 1 aliphatic heterocycles. The minimum absolute atomic E-state index is 0.193. The van der Waals surface area contributed by atoms with Gasteiger partial charge in [-0.1, -0.05) is 5.16 Å². The van der Waals surface area contributed by atoms with Gasteiger partial charge in [-0.3, -0.25) is 0 Å². The third-order valence-corrected chi connectivity index (χ3v) is 3.27. The maximum atomic E-state index is 9.75. The highest BCUT2D eigenvalue weighted by molar-refractivity contribution is 5.04. The van der Waals surface area contributed by atoms with Gasteiger partial charge in [-0.2, -0.15) is 4.98 Å². The molecule has 1 aromatic rings. The highest BCUT2D eigenvalue weighted by Gasteiger charge is 2.39. The topological polar surface area (TPSA) is 104 Å². The summed E-state index contributed by atoms with van der Waals surface area (Å²) in [5, 5.41) is 13.7. The van der Waals surface area contributed by atoms with Crippen LogP contribution in [0.3, 0.4) is 0 Å². The predicted octanol–water partition coefficient (Wildman–Crippen LogP) is 0.104. The van der Waals surface area contributed by atoms with E-state index in [1.807, 2.05) is 0 Å². The lowest BCUT2D eigenvalue weighted by atomic mass is 9.93. The van der Waals surface area contributed by atoms with Gasteiger partial charge < -0.3 is 24.8 Å². The normalized spacial score (nSPS) is 20.8. The van der Waals surface area contributed by atoms with Gasteiger partial charge in [0.15, 0.2) is 0 Å². The molecule has 1 saturated heterocycles. The van der Waals surface area contributed by atoms with Gasteiger partial charge in [0.25, 0.3) is 5.89 Å². The maximum Gasteiger partial charge on any atom is 0.255 e. The van der Waals surface area contributed by atoms with E-state index in [0.717, 1.165) is 0 Å². The minimum atomic E-state index is -0.815. The van der Waals surface area contributed by atoms with Gasteiger partial charge in [0.2, 0.25) is 5.82 Å². The molecule has 0 spiro atoms. The van der Waals surface area contributed by atoms with Crippen molar-refractivity contribution in [2.75, 3.05) is 26.9 Å². The molecule has 2 rings (SSSR count). The lowest BCUT2D eigenvalue weighted by Gasteiger charge is -2.32. The Labute approximate surface area is 105 Å². The average Bonchev–Trinajstić information content (AvgIpc) is 2.90. The smallest absolute Gasteiger partial charge is 0.255 e. The molecule has 18 heavy (non-hydrogen) atoms. The second-order valence-electron chi connectivity index (χ2n) is 4.36. The number of nitrogens with two attached hydrogens (primary N) is 1. The van der Waals surface area contributed by atoms with Crippen LogP contribution in [0.1, 0.15) is 37.1 Å². The highest BCUT2D eigenvalue weighted by Crippen LogP contribution is 2.34. The molecule has 0 amide bonds. The molecule has 0 aromatic carbocycles. The monoisotopic (exact) mass is 257 g/mol. The van der Waals surface area contributed by atoms with E-state index in [-0.39, 0.29) is 5.89 Å². The number of nitrogens with zero attached hydrogens (tertiary/aromatic N) is 2. The molecule has 0 saturated carbocycles. The molecule has 2 heterocycles. The fraction of sp³-hybridized carbons (Fsp3) is 0.818. The zero-order valence-corrected chi connectivity index (χ0v) is 10.5. The summed E-state index contributed by atoms with van der Waals surface area (Å²) >= 11 is 0. The molecule has 1 atom stereocenters. The van der Waals surface area contributed by atoms with E-state index in [1.54, 1.807) is 7.11 Å². The first-order valence-electron chi connectivity index (χ1n) is 6.07. The van der Waals surface area contributed by atoms with Crippen LogP contribution < -0.4 is 5.73 Å². The predicted molar refractivity (Wildman–Crippen MR) is 61.7 cm³/mol. The lowest BCUT2D eigenvalue weighted by Crippen LogP contribution is -2.36. The first-order chi connectivity index (χ1) is 8.72. The van der Waals surface area contributed by atoms with Crippen molar-refractivity contribution in [1.29, 1.82) is 0 Å². The zero-order chi connectivity index (χ0) is 13.0. The lowest BCUT2D eigenvalue weighted by molar-refractivity contribution is -0.101. The fourth-order valence-corrected chi connectivity index (χ4v) is 2.06. The molecule has 1 aromatic heterocycles. The van der Waals surface area contributed by atoms with E-state index < -0.39 is 11.7 Å². The van der Waals surface area contributed by atoms with E-state index >= 15 is 0 Å². The van der Waals surface area contributed by atoms with Gasteiger partial charge in [-0.15, -0.1) is 0 Å². The van der Waals surface area contributed by atoms with Crippen molar-refractivity contribution in [2.24, 2.45) is 5.73 Å². The molecule has 1 aliphatic rings. The Morgan fingerprint density at radius 3 is 2.83 bits per heavy atom. The molecule has 7 nitrogen and oxygen atoms in total. The van der Waals surface area contributed by atoms with Gasteiger partial charge in [-0.25, -0.2) is 0 Å². The molecule has 3 N–H and O–H groups in total. The molecule has 102 valence electrons. The van der Waals surface area contributed by atoms with Gasteiger partial charge in [0.05, 0.1) is 0 Å². The zero-order valence-electron chi connectivity index (χ0n) is 10.5. The number of aliphatic hydroxyl groups excluding tert-OH is 1. The quantitative estimate of drug-likeness (QED) is 0.771. The van der Waals surface area contributed by atoms with Crippen LogP contribution in [0.4, 0.5) is 0 Å². The average molecular weight is 257 g/mol. The number of ether oxygens (including phenoxy) is 2. The largest absolute Gasteiger partial charge is 0.383 e. The summed E-state index contributed by atoms with van der Waals surface area (Å²) in [5.74, 6) is 0.665. The van der Waals surface area contributed by atoms with Crippen LogP contribution in [0.5, 0.6) is 0 Å². The van der Waals surface area contributed by atoms with Crippen molar-refractivity contribution in [2.45, 2.75) is 31.0 Å². The van der Waals surface area contributed by atoms with E-state index in [2.05, 4.69) is 10.1 Å². The molecule has 0 unspecified atom stereocenters. The van der Waals surface area contributed by atoms with Crippen LogP contribution in [0.15, 0.2) is 4.52 Å². The van der Waals surface area contributed by atoms with Crippen molar-refractivity contribution in [3.05, 3.63) is 11.7 Å². The first kappa shape index (κ1) is 13.4. The Hall–Kier alpha value is -1.02. The van der Waals surface area contributed by atoms with Crippen LogP contribution in [0, 0.1) is 0 Å². The summed E-state index contributed by atoms with van der Waals surface area (Å²) in [5.41, 5.74) is 4.81. The third kappa shape index (κ3) is 2.54. The molecular weight excluding hydrogens is 238 g/mol. The SMILES string of the molecule is COC1(c2noc([C@@H](O)CCN)n2)CCOCC1. The van der Waals surface area contributed by atoms with E-state index in [0.29, 0.717) is 44.8 Å². The van der Waals surface area contributed by atoms with Crippen LogP contribution in [0.2, 0.25) is 0 Å². The Kier molecular flexibility index (Phi) is 4.28. The molecule has 1 fully saturated rings. The third-order valence-electron chi connectivity index (χ3n) is 3.27. The summed E-state index contributed by atoms with van der Waals surface area (Å²) in [7, 11) is 1.62. The second kappa shape index (κ2) is 5.75. The van der Waals surface area contributed by atoms with E-state index in [9.17, 15) is 5.11 Å². The number of aliphatic hydroxyl groups is 1. The van der Waals surface area contributed by atoms with Crippen molar-refractivity contribution in [1.82, 2.24) is 10.1 Å². The second-order valence-corrected chi connectivity index (χ2v) is 4.36.